The molecular formula is C26H30N2O4S. The van der Waals surface area contributed by atoms with Gasteiger partial charge >= 0.3 is 0 Å². The fraction of sp³-hybridized carbons (Fsp3) is 0.269. The maximum Gasteiger partial charge on any atom is 0.251 e. The van der Waals surface area contributed by atoms with Crippen LogP contribution in [0.2, 0.25) is 0 Å². The van der Waals surface area contributed by atoms with Gasteiger partial charge in [0, 0.05) is 5.56 Å². The highest BCUT2D eigenvalue weighted by atomic mass is 32.2. The lowest BCUT2D eigenvalue weighted by molar-refractivity contribution is 0.0947. The van der Waals surface area contributed by atoms with Crippen molar-refractivity contribution in [1.29, 1.82) is 0 Å². The van der Waals surface area contributed by atoms with Crippen LogP contribution < -0.4 is 14.4 Å². The zero-order chi connectivity index (χ0) is 24.0. The van der Waals surface area contributed by atoms with Crippen LogP contribution in [-0.2, 0) is 16.6 Å². The van der Waals surface area contributed by atoms with Crippen molar-refractivity contribution >= 4 is 21.6 Å². The van der Waals surface area contributed by atoms with Crippen molar-refractivity contribution in [2.75, 3.05) is 23.7 Å². The highest BCUT2D eigenvalue weighted by Gasteiger charge is 2.18. The molecule has 3 aromatic rings. The van der Waals surface area contributed by atoms with Gasteiger partial charge in [-0.15, -0.1) is 0 Å². The average molecular weight is 467 g/mol. The summed E-state index contributed by atoms with van der Waals surface area (Å²) in [7, 11) is -3.49. The number of rotatable bonds is 9. The number of carbonyl (C=O) groups excluding carboxylic acids is 1. The Morgan fingerprint density at radius 1 is 0.909 bits per heavy atom. The summed E-state index contributed by atoms with van der Waals surface area (Å²) in [6.45, 7) is 6.90. The van der Waals surface area contributed by atoms with E-state index in [1.54, 1.807) is 24.3 Å². The summed E-state index contributed by atoms with van der Waals surface area (Å²) in [6, 6.07) is 20.3. The molecule has 0 saturated heterocycles. The smallest absolute Gasteiger partial charge is 0.251 e. The van der Waals surface area contributed by atoms with Gasteiger partial charge in [0.25, 0.3) is 5.91 Å². The molecule has 0 unspecified atom stereocenters. The van der Waals surface area contributed by atoms with Gasteiger partial charge in [-0.3, -0.25) is 9.10 Å². The summed E-state index contributed by atoms with van der Waals surface area (Å²) in [5, 5.41) is 2.83. The van der Waals surface area contributed by atoms with Crippen LogP contribution in [0.4, 0.5) is 5.69 Å². The molecule has 0 atom stereocenters. The van der Waals surface area contributed by atoms with E-state index in [0.717, 1.165) is 28.0 Å². The van der Waals surface area contributed by atoms with Crippen molar-refractivity contribution in [2.45, 2.75) is 27.3 Å². The maximum atomic E-state index is 12.5. The number of hydrogen-bond acceptors (Lipinski definition) is 4. The van der Waals surface area contributed by atoms with Gasteiger partial charge in [0.1, 0.15) is 12.4 Å². The molecular weight excluding hydrogens is 436 g/mol. The van der Waals surface area contributed by atoms with Gasteiger partial charge in [0.05, 0.1) is 25.0 Å². The Balaban J connectivity index is 1.60. The Labute approximate surface area is 196 Å². The minimum atomic E-state index is -3.49. The lowest BCUT2D eigenvalue weighted by atomic mass is 10.1. The van der Waals surface area contributed by atoms with E-state index < -0.39 is 10.0 Å². The van der Waals surface area contributed by atoms with Gasteiger partial charge in [-0.2, -0.15) is 0 Å². The second-order valence-corrected chi connectivity index (χ2v) is 10.1. The predicted molar refractivity (Wildman–Crippen MR) is 132 cm³/mol. The summed E-state index contributed by atoms with van der Waals surface area (Å²) in [5.41, 5.74) is 5.12. The van der Waals surface area contributed by atoms with Crippen LogP contribution in [0.15, 0.2) is 66.7 Å². The third-order valence-electron chi connectivity index (χ3n) is 5.25. The van der Waals surface area contributed by atoms with E-state index in [4.69, 9.17) is 4.74 Å². The van der Waals surface area contributed by atoms with E-state index in [0.29, 0.717) is 24.4 Å². The zero-order valence-electron chi connectivity index (χ0n) is 19.5. The predicted octanol–water partition coefficient (Wildman–Crippen LogP) is 4.39. The van der Waals surface area contributed by atoms with Crippen molar-refractivity contribution in [3.8, 4) is 5.75 Å². The van der Waals surface area contributed by atoms with Crippen molar-refractivity contribution in [3.05, 3.63) is 94.5 Å². The molecule has 0 aliphatic rings. The number of anilines is 1. The molecule has 1 amide bonds. The van der Waals surface area contributed by atoms with E-state index >= 15 is 0 Å². The number of hydrogen-bond donors (Lipinski definition) is 1. The minimum absolute atomic E-state index is 0.223. The molecule has 174 valence electrons. The Bertz CT molecular complexity index is 1200. The van der Waals surface area contributed by atoms with Crippen LogP contribution in [0.1, 0.15) is 32.6 Å². The minimum Gasteiger partial charge on any atom is -0.491 e. The molecule has 33 heavy (non-hydrogen) atoms. The summed E-state index contributed by atoms with van der Waals surface area (Å²) >= 11 is 0. The Hall–Kier alpha value is -3.32. The first-order chi connectivity index (χ1) is 15.6. The second kappa shape index (κ2) is 10.5. The highest BCUT2D eigenvalue weighted by Crippen LogP contribution is 2.22. The van der Waals surface area contributed by atoms with E-state index in [1.165, 1.54) is 10.6 Å². The molecule has 1 N–H and O–H groups in total. The van der Waals surface area contributed by atoms with E-state index in [9.17, 15) is 13.2 Å². The van der Waals surface area contributed by atoms with Gasteiger partial charge in [-0.05, 0) is 67.8 Å². The topological polar surface area (TPSA) is 75.7 Å². The molecule has 0 fully saturated rings. The lowest BCUT2D eigenvalue weighted by Gasteiger charge is -2.23. The Kier molecular flexibility index (Phi) is 7.76. The molecule has 6 nitrogen and oxygen atoms in total. The van der Waals surface area contributed by atoms with Crippen LogP contribution in [0, 0.1) is 20.8 Å². The van der Waals surface area contributed by atoms with Crippen molar-refractivity contribution in [1.82, 2.24) is 5.32 Å². The molecule has 0 aromatic heterocycles. The van der Waals surface area contributed by atoms with Crippen LogP contribution in [0.25, 0.3) is 0 Å². The largest absolute Gasteiger partial charge is 0.491 e. The first kappa shape index (κ1) is 24.3. The van der Waals surface area contributed by atoms with Crippen LogP contribution in [0.3, 0.4) is 0 Å². The third-order valence-corrected chi connectivity index (χ3v) is 6.39. The van der Waals surface area contributed by atoms with E-state index in [-0.39, 0.29) is 12.5 Å². The molecule has 0 aliphatic heterocycles. The third kappa shape index (κ3) is 6.83. The number of ether oxygens (including phenoxy) is 1. The number of aryl methyl sites for hydroxylation is 3. The van der Waals surface area contributed by atoms with Crippen LogP contribution >= 0.6 is 0 Å². The highest BCUT2D eigenvalue weighted by molar-refractivity contribution is 7.92. The summed E-state index contributed by atoms with van der Waals surface area (Å²) < 4.78 is 31.9. The lowest BCUT2D eigenvalue weighted by Crippen LogP contribution is -2.30. The van der Waals surface area contributed by atoms with Crippen LogP contribution in [-0.4, -0.2) is 33.7 Å². The van der Waals surface area contributed by atoms with Gasteiger partial charge < -0.3 is 10.1 Å². The molecule has 0 radical (unpaired) electrons. The fourth-order valence-corrected chi connectivity index (χ4v) is 4.22. The number of nitrogens with one attached hydrogen (secondary N) is 1. The normalized spacial score (nSPS) is 11.2. The number of nitrogens with zero attached hydrogens (tertiary/aromatic N) is 1. The Morgan fingerprint density at radius 3 is 2.18 bits per heavy atom. The second-order valence-electron chi connectivity index (χ2n) is 8.18. The van der Waals surface area contributed by atoms with E-state index in [1.807, 2.05) is 63.2 Å². The number of carbonyl (C=O) groups is 1. The number of amides is 1. The SMILES string of the molecule is Cc1ccc(CN(c2ccc(C(=O)NCCOc3cc(C)ccc3C)cc2)S(C)(=O)=O)cc1. The summed E-state index contributed by atoms with van der Waals surface area (Å²) in [4.78, 5) is 12.5. The molecule has 3 rings (SSSR count). The first-order valence-corrected chi connectivity index (χ1v) is 12.6. The molecule has 0 spiro atoms. The van der Waals surface area contributed by atoms with Gasteiger partial charge in [-0.25, -0.2) is 8.42 Å². The van der Waals surface area contributed by atoms with Gasteiger partial charge in [0.2, 0.25) is 10.0 Å². The average Bonchev–Trinajstić information content (AvgIpc) is 2.77. The summed E-state index contributed by atoms with van der Waals surface area (Å²) in [5.74, 6) is 0.568. The van der Waals surface area contributed by atoms with E-state index in [2.05, 4.69) is 5.32 Å². The molecule has 7 heteroatoms. The quantitative estimate of drug-likeness (QED) is 0.475. The zero-order valence-corrected chi connectivity index (χ0v) is 20.3. The fourth-order valence-electron chi connectivity index (χ4n) is 3.33. The molecule has 0 heterocycles. The molecule has 0 bridgehead atoms. The Morgan fingerprint density at radius 2 is 1.55 bits per heavy atom. The molecule has 3 aromatic carbocycles. The first-order valence-electron chi connectivity index (χ1n) is 10.7. The van der Waals surface area contributed by atoms with Crippen LogP contribution in [0.5, 0.6) is 5.75 Å². The summed E-state index contributed by atoms with van der Waals surface area (Å²) in [6.07, 6.45) is 1.18. The van der Waals surface area contributed by atoms with Crippen molar-refractivity contribution in [3.63, 3.8) is 0 Å². The monoisotopic (exact) mass is 466 g/mol. The van der Waals surface area contributed by atoms with Crippen molar-refractivity contribution < 1.29 is 17.9 Å². The van der Waals surface area contributed by atoms with Gasteiger partial charge in [-0.1, -0.05) is 42.0 Å². The number of sulfonamides is 1. The standard InChI is InChI=1S/C26H30N2O4S/c1-19-6-9-22(10-7-19)18-28(33(4,30)31)24-13-11-23(12-14-24)26(29)27-15-16-32-25-17-20(2)5-8-21(25)3/h5-14,17H,15-16,18H2,1-4H3,(H,27,29). The maximum absolute atomic E-state index is 12.5. The molecule has 0 saturated carbocycles. The molecule has 0 aliphatic carbocycles. The number of benzene rings is 3. The van der Waals surface area contributed by atoms with Gasteiger partial charge in [0.15, 0.2) is 0 Å². The van der Waals surface area contributed by atoms with Crippen molar-refractivity contribution in [2.24, 2.45) is 0 Å².